The van der Waals surface area contributed by atoms with Crippen molar-refractivity contribution >= 4 is 29.1 Å². The average molecular weight is 309 g/mol. The number of hydrogen-bond acceptors (Lipinski definition) is 7. The smallest absolute Gasteiger partial charge is 0.233 e. The summed E-state index contributed by atoms with van der Waals surface area (Å²) < 4.78 is 0. The standard InChI is InChI=1S/C16H19N7/c1-3-13-20-15(19-12-6-4-11(17)5-7-12)23-16(21-13)22-14-8-10(2)9-18-14/h4-8H,3,9,17H2,1-2H3,(H2,18,19,20,21,22,23). The van der Waals surface area contributed by atoms with Crippen LogP contribution in [-0.2, 0) is 6.42 Å². The third-order valence-electron chi connectivity index (χ3n) is 3.29. The van der Waals surface area contributed by atoms with Crippen molar-refractivity contribution in [3.05, 3.63) is 41.7 Å². The number of aryl methyl sites for hydroxylation is 1. The maximum Gasteiger partial charge on any atom is 0.233 e. The quantitative estimate of drug-likeness (QED) is 0.750. The second kappa shape index (κ2) is 6.43. The van der Waals surface area contributed by atoms with E-state index in [1.54, 1.807) is 0 Å². The predicted octanol–water partition coefficient (Wildman–Crippen LogP) is 2.53. The molecule has 0 amide bonds. The first-order valence-corrected chi connectivity index (χ1v) is 7.48. The molecule has 0 saturated heterocycles. The molecule has 0 radical (unpaired) electrons. The van der Waals surface area contributed by atoms with Gasteiger partial charge in [0.25, 0.3) is 0 Å². The normalized spacial score (nSPS) is 13.5. The van der Waals surface area contributed by atoms with Gasteiger partial charge >= 0.3 is 0 Å². The van der Waals surface area contributed by atoms with Crippen molar-refractivity contribution in [1.82, 2.24) is 15.0 Å². The lowest BCUT2D eigenvalue weighted by Crippen LogP contribution is -2.13. The van der Waals surface area contributed by atoms with E-state index in [2.05, 4.69) is 30.6 Å². The molecular weight excluding hydrogens is 290 g/mol. The van der Waals surface area contributed by atoms with Crippen LogP contribution in [0.3, 0.4) is 0 Å². The van der Waals surface area contributed by atoms with E-state index in [1.165, 1.54) is 5.57 Å². The SMILES string of the molecule is CCc1nc(NC2=NCC(C)=C2)nc(Nc2ccc(N)cc2)n1. The van der Waals surface area contributed by atoms with Gasteiger partial charge in [-0.05, 0) is 42.8 Å². The Hall–Kier alpha value is -2.96. The topological polar surface area (TPSA) is 101 Å². The van der Waals surface area contributed by atoms with E-state index in [0.29, 0.717) is 30.0 Å². The van der Waals surface area contributed by atoms with Crippen molar-refractivity contribution in [1.29, 1.82) is 0 Å². The lowest BCUT2D eigenvalue weighted by molar-refractivity contribution is 0.911. The molecule has 1 aromatic carbocycles. The van der Waals surface area contributed by atoms with Crippen molar-refractivity contribution in [3.8, 4) is 0 Å². The van der Waals surface area contributed by atoms with Crippen LogP contribution in [0.1, 0.15) is 19.7 Å². The Morgan fingerprint density at radius 3 is 2.35 bits per heavy atom. The van der Waals surface area contributed by atoms with Gasteiger partial charge in [-0.1, -0.05) is 6.92 Å². The minimum Gasteiger partial charge on any atom is -0.399 e. The van der Waals surface area contributed by atoms with Gasteiger partial charge in [-0.3, -0.25) is 4.99 Å². The van der Waals surface area contributed by atoms with Gasteiger partial charge in [0.2, 0.25) is 11.9 Å². The third kappa shape index (κ3) is 3.82. The molecule has 118 valence electrons. The van der Waals surface area contributed by atoms with E-state index in [9.17, 15) is 0 Å². The van der Waals surface area contributed by atoms with Crippen molar-refractivity contribution in [2.75, 3.05) is 22.9 Å². The van der Waals surface area contributed by atoms with Crippen LogP contribution in [0.25, 0.3) is 0 Å². The highest BCUT2D eigenvalue weighted by atomic mass is 15.2. The second-order valence-electron chi connectivity index (χ2n) is 5.32. The number of hydrogen-bond donors (Lipinski definition) is 3. The zero-order chi connectivity index (χ0) is 16.2. The summed E-state index contributed by atoms with van der Waals surface area (Å²) in [6.07, 6.45) is 2.71. The fraction of sp³-hybridized carbons (Fsp3) is 0.250. The van der Waals surface area contributed by atoms with Gasteiger partial charge in [0.1, 0.15) is 11.7 Å². The molecule has 1 aromatic heterocycles. The number of amidine groups is 1. The first-order chi connectivity index (χ1) is 11.1. The molecule has 7 nitrogen and oxygen atoms in total. The van der Waals surface area contributed by atoms with Crippen LogP contribution in [0, 0.1) is 0 Å². The first-order valence-electron chi connectivity index (χ1n) is 7.48. The molecule has 0 spiro atoms. The summed E-state index contributed by atoms with van der Waals surface area (Å²) in [7, 11) is 0. The second-order valence-corrected chi connectivity index (χ2v) is 5.32. The maximum absolute atomic E-state index is 5.69. The average Bonchev–Trinajstić information content (AvgIpc) is 2.94. The number of benzene rings is 1. The first kappa shape index (κ1) is 15.0. The molecule has 4 N–H and O–H groups in total. The van der Waals surface area contributed by atoms with E-state index < -0.39 is 0 Å². The number of aromatic nitrogens is 3. The summed E-state index contributed by atoms with van der Waals surface area (Å²) in [5.41, 5.74) is 8.48. The van der Waals surface area contributed by atoms with Crippen LogP contribution in [0.5, 0.6) is 0 Å². The van der Waals surface area contributed by atoms with Gasteiger partial charge in [0, 0.05) is 17.8 Å². The molecule has 23 heavy (non-hydrogen) atoms. The molecule has 3 rings (SSSR count). The van der Waals surface area contributed by atoms with Crippen molar-refractivity contribution in [2.45, 2.75) is 20.3 Å². The Balaban J connectivity index is 1.82. The number of rotatable bonds is 4. The summed E-state index contributed by atoms with van der Waals surface area (Å²) in [6.45, 7) is 4.75. The summed E-state index contributed by atoms with van der Waals surface area (Å²) in [6, 6.07) is 7.41. The lowest BCUT2D eigenvalue weighted by Gasteiger charge is -2.09. The van der Waals surface area contributed by atoms with Gasteiger partial charge < -0.3 is 16.4 Å². The summed E-state index contributed by atoms with van der Waals surface area (Å²) in [4.78, 5) is 17.6. The Kier molecular flexibility index (Phi) is 4.18. The highest BCUT2D eigenvalue weighted by Gasteiger charge is 2.10. The molecule has 0 bridgehead atoms. The van der Waals surface area contributed by atoms with E-state index in [0.717, 1.165) is 17.9 Å². The molecule has 0 unspecified atom stereocenters. The number of nitrogen functional groups attached to an aromatic ring is 1. The summed E-state index contributed by atoms with van der Waals surface area (Å²) in [5.74, 6) is 2.46. The third-order valence-corrected chi connectivity index (χ3v) is 3.29. The van der Waals surface area contributed by atoms with Gasteiger partial charge in [0.15, 0.2) is 0 Å². The van der Waals surface area contributed by atoms with Crippen LogP contribution >= 0.6 is 0 Å². The Morgan fingerprint density at radius 1 is 1.04 bits per heavy atom. The van der Waals surface area contributed by atoms with Crippen LogP contribution in [0.2, 0.25) is 0 Å². The number of anilines is 4. The van der Waals surface area contributed by atoms with Crippen LogP contribution in [0.15, 0.2) is 40.9 Å². The van der Waals surface area contributed by atoms with E-state index >= 15 is 0 Å². The summed E-state index contributed by atoms with van der Waals surface area (Å²) >= 11 is 0. The van der Waals surface area contributed by atoms with Crippen molar-refractivity contribution in [2.24, 2.45) is 4.99 Å². The van der Waals surface area contributed by atoms with Crippen LogP contribution in [-0.4, -0.2) is 27.3 Å². The zero-order valence-corrected chi connectivity index (χ0v) is 13.2. The molecule has 2 heterocycles. The Bertz CT molecular complexity index is 762. The minimum atomic E-state index is 0.486. The number of nitrogens with zero attached hydrogens (tertiary/aromatic N) is 4. The molecule has 2 aromatic rings. The molecule has 1 aliphatic rings. The highest BCUT2D eigenvalue weighted by Crippen LogP contribution is 2.16. The van der Waals surface area contributed by atoms with Gasteiger partial charge in [0.05, 0.1) is 6.54 Å². The molecule has 0 saturated carbocycles. The van der Waals surface area contributed by atoms with Crippen molar-refractivity contribution < 1.29 is 0 Å². The lowest BCUT2D eigenvalue weighted by atomic mass is 10.3. The summed E-state index contributed by atoms with van der Waals surface area (Å²) in [5, 5.41) is 6.30. The van der Waals surface area contributed by atoms with Gasteiger partial charge in [-0.15, -0.1) is 0 Å². The molecular formula is C16H19N7. The van der Waals surface area contributed by atoms with E-state index in [1.807, 2.05) is 44.2 Å². The molecule has 0 fully saturated rings. The van der Waals surface area contributed by atoms with E-state index in [4.69, 9.17) is 5.73 Å². The molecule has 0 aliphatic carbocycles. The van der Waals surface area contributed by atoms with Crippen LogP contribution in [0.4, 0.5) is 23.3 Å². The number of aliphatic imine (C=N–C) groups is 1. The number of nitrogens with two attached hydrogens (primary N) is 1. The fourth-order valence-electron chi connectivity index (χ4n) is 2.11. The van der Waals surface area contributed by atoms with Crippen LogP contribution < -0.4 is 16.4 Å². The molecule has 0 atom stereocenters. The van der Waals surface area contributed by atoms with Gasteiger partial charge in [-0.2, -0.15) is 15.0 Å². The Labute approximate surface area is 134 Å². The maximum atomic E-state index is 5.69. The predicted molar refractivity (Wildman–Crippen MR) is 93.0 cm³/mol. The Morgan fingerprint density at radius 2 is 1.74 bits per heavy atom. The monoisotopic (exact) mass is 309 g/mol. The van der Waals surface area contributed by atoms with Gasteiger partial charge in [-0.25, -0.2) is 0 Å². The minimum absolute atomic E-state index is 0.486. The molecule has 1 aliphatic heterocycles. The molecule has 7 heteroatoms. The van der Waals surface area contributed by atoms with Crippen molar-refractivity contribution in [3.63, 3.8) is 0 Å². The van der Waals surface area contributed by atoms with E-state index in [-0.39, 0.29) is 0 Å². The zero-order valence-electron chi connectivity index (χ0n) is 13.2. The fourth-order valence-corrected chi connectivity index (χ4v) is 2.11. The largest absolute Gasteiger partial charge is 0.399 e. The number of nitrogens with one attached hydrogen (secondary N) is 2. The highest BCUT2D eigenvalue weighted by molar-refractivity contribution is 6.04.